The first-order chi connectivity index (χ1) is 46.2. The summed E-state index contributed by atoms with van der Waals surface area (Å²) >= 11 is 0. The van der Waals surface area contributed by atoms with Gasteiger partial charge in [-0.25, -0.2) is 0 Å². The third-order valence-corrected chi connectivity index (χ3v) is 20.8. The molecule has 21 rings (SSSR count). The minimum absolute atomic E-state index is 0.0936. The summed E-state index contributed by atoms with van der Waals surface area (Å²) in [6, 6.07) is 118. The van der Waals surface area contributed by atoms with Crippen LogP contribution in [0.15, 0.2) is 315 Å². The van der Waals surface area contributed by atoms with Crippen molar-refractivity contribution in [2.45, 2.75) is 0 Å². The molecule has 0 amide bonds. The minimum Gasteiger partial charge on any atom is -0.458 e. The number of anilines is 15. The van der Waals surface area contributed by atoms with Crippen molar-refractivity contribution in [2.75, 3.05) is 24.5 Å². The second-order valence-electron chi connectivity index (χ2n) is 25.4. The highest BCUT2D eigenvalue weighted by Crippen LogP contribution is 2.51. The van der Waals surface area contributed by atoms with E-state index in [1.54, 1.807) is 0 Å². The van der Waals surface area contributed by atoms with Gasteiger partial charge in [0.1, 0.15) is 11.5 Å². The van der Waals surface area contributed by atoms with Crippen LogP contribution < -0.4 is 78.4 Å². The molecule has 0 N–H and O–H groups in total. The Morgan fingerprint density at radius 1 is 0.183 bits per heavy atom. The molecule has 15 aromatic rings. The van der Waals surface area contributed by atoms with Crippen molar-refractivity contribution in [3.63, 3.8) is 0 Å². The molecule has 6 nitrogen and oxygen atoms in total. The predicted molar refractivity (Wildman–Crippen MR) is 393 cm³/mol. The highest BCUT2D eigenvalue weighted by molar-refractivity contribution is 7.02. The molecule has 0 unspecified atom stereocenters. The van der Waals surface area contributed by atoms with Crippen LogP contribution in [0.4, 0.5) is 85.3 Å². The largest absolute Gasteiger partial charge is 0.458 e. The quantitative estimate of drug-likeness (QED) is 0.126. The fourth-order valence-corrected chi connectivity index (χ4v) is 17.1. The molecule has 6 heterocycles. The van der Waals surface area contributed by atoms with Crippen molar-refractivity contribution >= 4 is 187 Å². The monoisotopic (exact) mass is 1180 g/mol. The molecule has 0 atom stereocenters. The molecular weight excluding hydrogens is 1130 g/mol. The lowest BCUT2D eigenvalue weighted by molar-refractivity contribution is 0.487. The Kier molecular flexibility index (Phi) is 10.6. The molecule has 0 saturated carbocycles. The maximum atomic E-state index is 6.94. The lowest BCUT2D eigenvalue weighted by Crippen LogP contribution is -2.61. The van der Waals surface area contributed by atoms with Crippen molar-refractivity contribution in [1.29, 1.82) is 0 Å². The van der Waals surface area contributed by atoms with E-state index in [4.69, 9.17) is 4.74 Å². The summed E-state index contributed by atoms with van der Waals surface area (Å²) in [6.45, 7) is -0.293. The Labute approximate surface area is 539 Å². The smallest absolute Gasteiger partial charge is 0.256 e. The van der Waals surface area contributed by atoms with Gasteiger partial charge < -0.3 is 29.2 Å². The van der Waals surface area contributed by atoms with Crippen molar-refractivity contribution in [3.05, 3.63) is 315 Å². The van der Waals surface area contributed by atoms with Crippen LogP contribution in [0.3, 0.4) is 0 Å². The molecule has 0 aromatic heterocycles. The Bertz CT molecular complexity index is 5680. The molecule has 0 radical (unpaired) electrons. The van der Waals surface area contributed by atoms with Gasteiger partial charge in [-0.2, -0.15) is 0 Å². The van der Waals surface area contributed by atoms with E-state index in [0.717, 1.165) is 51.3 Å². The molecule has 93 heavy (non-hydrogen) atoms. The number of hydrogen-bond acceptors (Lipinski definition) is 6. The van der Waals surface area contributed by atoms with Crippen LogP contribution in [0.25, 0.3) is 32.3 Å². The van der Waals surface area contributed by atoms with Gasteiger partial charge in [0.25, 0.3) is 20.1 Å². The fraction of sp³-hybridized carbons (Fsp3) is 0. The van der Waals surface area contributed by atoms with Crippen molar-refractivity contribution in [3.8, 4) is 11.5 Å². The second kappa shape index (κ2) is 19.3. The van der Waals surface area contributed by atoms with E-state index in [2.05, 4.69) is 340 Å². The van der Waals surface area contributed by atoms with Gasteiger partial charge in [0.05, 0.1) is 0 Å². The summed E-state index contributed by atoms with van der Waals surface area (Å²) < 4.78 is 6.94. The van der Waals surface area contributed by atoms with Crippen LogP contribution in [0, 0.1) is 0 Å². The summed E-state index contributed by atoms with van der Waals surface area (Å²) in [5, 5.41) is 7.24. The topological polar surface area (TPSA) is 25.4 Å². The van der Waals surface area contributed by atoms with Crippen LogP contribution in [-0.2, 0) is 0 Å². The van der Waals surface area contributed by atoms with E-state index in [1.165, 1.54) is 127 Å². The van der Waals surface area contributed by atoms with Gasteiger partial charge in [-0.3, -0.25) is 0 Å². The molecular formula is C84H52B3N5O. The van der Waals surface area contributed by atoms with Gasteiger partial charge in [-0.15, -0.1) is 0 Å². The number of fused-ring (bicyclic) bond motifs is 18. The first kappa shape index (κ1) is 50.9. The molecule has 0 fully saturated rings. The zero-order chi connectivity index (χ0) is 60.6. The van der Waals surface area contributed by atoms with Gasteiger partial charge in [0, 0.05) is 85.3 Å². The fourth-order valence-electron chi connectivity index (χ4n) is 17.1. The molecule has 0 spiro atoms. The SMILES string of the molecule is c1ccc(N2c3cc4c(cc3B3c5ccccc5Oc5cccc2c53)c2cc3c(cc2c2cc5c(cc24)N(c2ccccc2)c2cccc4c2B5c2ccccc2N4c2ccccc2)B2c4ccccc4N(c4ccccc4)c4cccc(c42)N3c2ccccc2)cc1. The van der Waals surface area contributed by atoms with Gasteiger partial charge in [-0.05, 0) is 215 Å². The van der Waals surface area contributed by atoms with Crippen LogP contribution in [0.5, 0.6) is 11.5 Å². The third kappa shape index (κ3) is 7.05. The van der Waals surface area contributed by atoms with Crippen molar-refractivity contribution in [1.82, 2.24) is 0 Å². The average molecular weight is 1180 g/mol. The highest BCUT2D eigenvalue weighted by Gasteiger charge is 2.47. The standard InChI is InChI=1S/C84H52B3N5O/c1-6-25-53(26-7-1)88-70-38-19-16-35-64(70)85-67-47-58-59-48-68-78(91(56-31-12-4-13-32-56)75-43-23-41-73-83(75)86(68)65-36-17-20-39-71(65)89(73)54-27-8-2-9-28-54)51-62(59)63-52-79-69(49-60(63)61(58)50-77(67)90(55-29-10-3-11-30-55)74-42-22-40-72(88)82(74)85)87-66-37-18-21-45-80(66)93-81-46-24-44-76(84(81)87)92(79)57-33-14-5-15-34-57/h1-52H. The minimum atomic E-state index is -0.106. The van der Waals surface area contributed by atoms with Gasteiger partial charge in [0.2, 0.25) is 0 Å². The number of ether oxygens (including phenoxy) is 1. The molecule has 6 aliphatic rings. The first-order valence-corrected chi connectivity index (χ1v) is 32.3. The summed E-state index contributed by atoms with van der Waals surface area (Å²) in [5.41, 5.74) is 28.6. The van der Waals surface area contributed by atoms with E-state index >= 15 is 0 Å². The van der Waals surface area contributed by atoms with Gasteiger partial charge >= 0.3 is 0 Å². The normalized spacial score (nSPS) is 13.9. The second-order valence-corrected chi connectivity index (χ2v) is 25.4. The highest BCUT2D eigenvalue weighted by atomic mass is 16.5. The maximum absolute atomic E-state index is 6.94. The third-order valence-electron chi connectivity index (χ3n) is 20.8. The molecule has 0 saturated heterocycles. The molecule has 0 bridgehead atoms. The molecule has 15 aromatic carbocycles. The zero-order valence-corrected chi connectivity index (χ0v) is 50.4. The Morgan fingerprint density at radius 3 is 0.817 bits per heavy atom. The Morgan fingerprint density at radius 2 is 0.441 bits per heavy atom. The lowest BCUT2D eigenvalue weighted by atomic mass is 9.33. The van der Waals surface area contributed by atoms with E-state index in [9.17, 15) is 0 Å². The lowest BCUT2D eigenvalue weighted by Gasteiger charge is -2.44. The average Bonchev–Trinajstić information content (AvgIpc) is 0.695. The zero-order valence-electron chi connectivity index (χ0n) is 50.4. The maximum Gasteiger partial charge on any atom is 0.256 e. The van der Waals surface area contributed by atoms with Crippen LogP contribution in [0.1, 0.15) is 0 Å². The van der Waals surface area contributed by atoms with Gasteiger partial charge in [0.15, 0.2) is 0 Å². The predicted octanol–water partition coefficient (Wildman–Crippen LogP) is 15.7. The summed E-state index contributed by atoms with van der Waals surface area (Å²) in [5.74, 6) is 1.79. The summed E-state index contributed by atoms with van der Waals surface area (Å²) in [6.07, 6.45) is 0. The Hall–Kier alpha value is -11.9. The van der Waals surface area contributed by atoms with E-state index < -0.39 is 0 Å². The van der Waals surface area contributed by atoms with E-state index in [0.29, 0.717) is 0 Å². The summed E-state index contributed by atoms with van der Waals surface area (Å²) in [4.78, 5) is 12.6. The van der Waals surface area contributed by atoms with Gasteiger partial charge in [-0.1, -0.05) is 182 Å². The van der Waals surface area contributed by atoms with Crippen LogP contribution in [0.2, 0.25) is 0 Å². The molecule has 6 aliphatic heterocycles. The van der Waals surface area contributed by atoms with E-state index in [1.807, 2.05) is 0 Å². The number of hydrogen-bond donors (Lipinski definition) is 0. The number of nitrogens with zero attached hydrogens (tertiary/aromatic N) is 5. The van der Waals surface area contributed by atoms with Crippen LogP contribution >= 0.6 is 0 Å². The first-order valence-electron chi connectivity index (χ1n) is 32.3. The van der Waals surface area contributed by atoms with Crippen molar-refractivity contribution in [2.24, 2.45) is 0 Å². The van der Waals surface area contributed by atoms with Crippen molar-refractivity contribution < 1.29 is 4.74 Å². The number of benzene rings is 15. The number of para-hydroxylation sites is 8. The molecule has 0 aliphatic carbocycles. The molecule has 428 valence electrons. The Balaban J connectivity index is 0.927. The van der Waals surface area contributed by atoms with E-state index in [-0.39, 0.29) is 20.1 Å². The number of rotatable bonds is 5. The molecule has 9 heteroatoms. The summed E-state index contributed by atoms with van der Waals surface area (Å²) in [7, 11) is 0. The van der Waals surface area contributed by atoms with Crippen LogP contribution in [-0.4, -0.2) is 20.1 Å².